The molecule has 4 rings (SSSR count). The molecule has 1 atom stereocenters. The van der Waals surface area contributed by atoms with E-state index < -0.39 is 0 Å². The van der Waals surface area contributed by atoms with Gasteiger partial charge in [-0.25, -0.2) is 0 Å². The Morgan fingerprint density at radius 1 is 1.00 bits per heavy atom. The number of likely N-dealkylation sites (N-methyl/N-ethyl adjacent to an activating group) is 1. The van der Waals surface area contributed by atoms with Gasteiger partial charge >= 0.3 is 0 Å². The molecule has 2 amide bonds. The summed E-state index contributed by atoms with van der Waals surface area (Å²) in [7, 11) is 1.94. The molecule has 0 aromatic heterocycles. The average molecular weight is 377 g/mol. The fourth-order valence-corrected chi connectivity index (χ4v) is 4.84. The fraction of sp³-hybridized carbons (Fsp3) is 0.417. The zero-order valence-electron chi connectivity index (χ0n) is 16.9. The van der Waals surface area contributed by atoms with Crippen molar-refractivity contribution in [3.63, 3.8) is 0 Å². The number of amides is 2. The summed E-state index contributed by atoms with van der Waals surface area (Å²) < 4.78 is 0. The third-order valence-electron chi connectivity index (χ3n) is 6.94. The maximum absolute atomic E-state index is 13.1. The molecule has 1 spiro atoms. The standard InChI is InChI=1S/C24H28N2O2/c1-17-8-7-11-20(18(17)2)23(28)26-14-12-24(13-15-26)16-21(22(27)25(24)3)19-9-5-4-6-10-19/h4-11,21H,12-16H2,1-3H3/t21-/m0/s1. The van der Waals surface area contributed by atoms with Crippen molar-refractivity contribution in [1.82, 2.24) is 9.80 Å². The van der Waals surface area contributed by atoms with Crippen LogP contribution >= 0.6 is 0 Å². The van der Waals surface area contributed by atoms with E-state index in [1.54, 1.807) is 0 Å². The number of carbonyl (C=O) groups excluding carboxylic acids is 2. The molecular weight excluding hydrogens is 348 g/mol. The van der Waals surface area contributed by atoms with Gasteiger partial charge in [0.15, 0.2) is 0 Å². The van der Waals surface area contributed by atoms with Crippen molar-refractivity contribution in [3.8, 4) is 0 Å². The van der Waals surface area contributed by atoms with Crippen molar-refractivity contribution in [2.75, 3.05) is 20.1 Å². The first-order valence-corrected chi connectivity index (χ1v) is 10.1. The number of nitrogens with zero attached hydrogens (tertiary/aromatic N) is 2. The second-order valence-corrected chi connectivity index (χ2v) is 8.33. The lowest BCUT2D eigenvalue weighted by molar-refractivity contribution is -0.131. The van der Waals surface area contributed by atoms with Crippen molar-refractivity contribution < 1.29 is 9.59 Å². The Morgan fingerprint density at radius 3 is 2.36 bits per heavy atom. The Morgan fingerprint density at radius 2 is 1.68 bits per heavy atom. The molecule has 146 valence electrons. The van der Waals surface area contributed by atoms with E-state index in [0.717, 1.165) is 41.5 Å². The Bertz CT molecular complexity index is 898. The van der Waals surface area contributed by atoms with Gasteiger partial charge in [-0.05, 0) is 55.9 Å². The first-order chi connectivity index (χ1) is 13.4. The maximum atomic E-state index is 13.1. The summed E-state index contributed by atoms with van der Waals surface area (Å²) in [5, 5.41) is 0. The summed E-state index contributed by atoms with van der Waals surface area (Å²) in [6, 6.07) is 16.0. The molecule has 0 N–H and O–H groups in total. The predicted molar refractivity (Wildman–Crippen MR) is 110 cm³/mol. The van der Waals surface area contributed by atoms with E-state index >= 15 is 0 Å². The van der Waals surface area contributed by atoms with Gasteiger partial charge in [0, 0.05) is 31.2 Å². The number of piperidine rings is 1. The van der Waals surface area contributed by atoms with Crippen molar-refractivity contribution in [2.24, 2.45) is 0 Å². The van der Waals surface area contributed by atoms with Gasteiger partial charge in [-0.3, -0.25) is 9.59 Å². The molecule has 2 fully saturated rings. The summed E-state index contributed by atoms with van der Waals surface area (Å²) in [6.45, 7) is 5.46. The minimum absolute atomic E-state index is 0.0625. The van der Waals surface area contributed by atoms with E-state index in [1.807, 2.05) is 67.1 Å². The molecule has 2 saturated heterocycles. The summed E-state index contributed by atoms with van der Waals surface area (Å²) in [5.74, 6) is 0.260. The molecule has 2 aromatic carbocycles. The highest BCUT2D eigenvalue weighted by molar-refractivity contribution is 5.96. The van der Waals surface area contributed by atoms with Crippen LogP contribution in [0.3, 0.4) is 0 Å². The Hall–Kier alpha value is -2.62. The van der Waals surface area contributed by atoms with Gasteiger partial charge in [-0.2, -0.15) is 0 Å². The van der Waals surface area contributed by atoms with Gasteiger partial charge < -0.3 is 9.80 Å². The minimum Gasteiger partial charge on any atom is -0.339 e. The van der Waals surface area contributed by atoms with Crippen molar-refractivity contribution in [3.05, 3.63) is 70.8 Å². The van der Waals surface area contributed by atoms with Crippen molar-refractivity contribution >= 4 is 11.8 Å². The SMILES string of the molecule is Cc1cccc(C(=O)N2CCC3(CC2)C[C@@H](c2ccccc2)C(=O)N3C)c1C. The maximum Gasteiger partial charge on any atom is 0.254 e. The molecule has 0 saturated carbocycles. The van der Waals surface area contributed by atoms with E-state index in [-0.39, 0.29) is 23.3 Å². The van der Waals surface area contributed by atoms with Crippen LogP contribution in [0.25, 0.3) is 0 Å². The molecular formula is C24H28N2O2. The van der Waals surface area contributed by atoms with Crippen LogP contribution in [0, 0.1) is 13.8 Å². The summed E-state index contributed by atoms with van der Waals surface area (Å²) in [4.78, 5) is 29.9. The predicted octanol–water partition coefficient (Wildman–Crippen LogP) is 3.92. The van der Waals surface area contributed by atoms with E-state index in [1.165, 1.54) is 0 Å². The largest absolute Gasteiger partial charge is 0.339 e. The van der Waals surface area contributed by atoms with Crippen LogP contribution in [0.4, 0.5) is 0 Å². The van der Waals surface area contributed by atoms with Crippen LogP contribution in [0.15, 0.2) is 48.5 Å². The fourth-order valence-electron chi connectivity index (χ4n) is 4.84. The number of hydrogen-bond acceptors (Lipinski definition) is 2. The second-order valence-electron chi connectivity index (χ2n) is 8.33. The van der Waals surface area contributed by atoms with Crippen LogP contribution in [0.5, 0.6) is 0 Å². The van der Waals surface area contributed by atoms with Crippen LogP contribution in [0.2, 0.25) is 0 Å². The number of carbonyl (C=O) groups is 2. The Labute approximate surface area is 167 Å². The van der Waals surface area contributed by atoms with Gasteiger partial charge in [-0.1, -0.05) is 42.5 Å². The molecule has 0 unspecified atom stereocenters. The van der Waals surface area contributed by atoms with Crippen LogP contribution in [-0.4, -0.2) is 47.3 Å². The molecule has 2 aromatic rings. The lowest BCUT2D eigenvalue weighted by Gasteiger charge is -2.43. The number of aryl methyl sites for hydroxylation is 1. The number of hydrogen-bond donors (Lipinski definition) is 0. The third-order valence-corrected chi connectivity index (χ3v) is 6.94. The minimum atomic E-state index is -0.129. The first kappa shape index (κ1) is 18.7. The zero-order chi connectivity index (χ0) is 19.9. The average Bonchev–Trinajstić information content (AvgIpc) is 2.96. The van der Waals surface area contributed by atoms with Gasteiger partial charge in [0.1, 0.15) is 0 Å². The third kappa shape index (κ3) is 3.01. The molecule has 4 heteroatoms. The van der Waals surface area contributed by atoms with E-state index in [2.05, 4.69) is 12.1 Å². The highest BCUT2D eigenvalue weighted by Crippen LogP contribution is 2.45. The monoisotopic (exact) mass is 376 g/mol. The van der Waals surface area contributed by atoms with Gasteiger partial charge in [0.2, 0.25) is 5.91 Å². The van der Waals surface area contributed by atoms with E-state index in [0.29, 0.717) is 13.1 Å². The molecule has 4 nitrogen and oxygen atoms in total. The smallest absolute Gasteiger partial charge is 0.254 e. The quantitative estimate of drug-likeness (QED) is 0.797. The Balaban J connectivity index is 1.50. The van der Waals surface area contributed by atoms with E-state index in [9.17, 15) is 9.59 Å². The topological polar surface area (TPSA) is 40.6 Å². The normalized spacial score (nSPS) is 21.4. The van der Waals surface area contributed by atoms with Gasteiger partial charge in [0.05, 0.1) is 5.92 Å². The molecule has 2 aliphatic heterocycles. The summed E-state index contributed by atoms with van der Waals surface area (Å²) >= 11 is 0. The number of rotatable bonds is 2. The summed E-state index contributed by atoms with van der Waals surface area (Å²) in [5.41, 5.74) is 3.98. The lowest BCUT2D eigenvalue weighted by atomic mass is 9.81. The highest BCUT2D eigenvalue weighted by atomic mass is 16.2. The van der Waals surface area contributed by atoms with Crippen LogP contribution in [0.1, 0.15) is 52.2 Å². The molecule has 2 aliphatic rings. The molecule has 0 radical (unpaired) electrons. The van der Waals surface area contributed by atoms with Crippen LogP contribution < -0.4 is 0 Å². The van der Waals surface area contributed by atoms with Gasteiger partial charge in [0.25, 0.3) is 5.91 Å². The Kier molecular flexibility index (Phi) is 4.74. The molecule has 2 heterocycles. The van der Waals surface area contributed by atoms with Crippen molar-refractivity contribution in [1.29, 1.82) is 0 Å². The summed E-state index contributed by atoms with van der Waals surface area (Å²) in [6.07, 6.45) is 2.53. The highest BCUT2D eigenvalue weighted by Gasteiger charge is 2.50. The molecule has 28 heavy (non-hydrogen) atoms. The number of likely N-dealkylation sites (tertiary alicyclic amines) is 2. The second kappa shape index (κ2) is 7.08. The van der Waals surface area contributed by atoms with E-state index in [4.69, 9.17) is 0 Å². The lowest BCUT2D eigenvalue weighted by Crippen LogP contribution is -2.52. The van der Waals surface area contributed by atoms with Gasteiger partial charge in [-0.15, -0.1) is 0 Å². The van der Waals surface area contributed by atoms with Crippen LogP contribution in [-0.2, 0) is 4.79 Å². The zero-order valence-corrected chi connectivity index (χ0v) is 16.9. The first-order valence-electron chi connectivity index (χ1n) is 10.1. The number of benzene rings is 2. The van der Waals surface area contributed by atoms with Crippen molar-refractivity contribution in [2.45, 2.75) is 44.6 Å². The molecule has 0 aliphatic carbocycles. The molecule has 0 bridgehead atoms.